The first kappa shape index (κ1) is 27.1. The van der Waals surface area contributed by atoms with Gasteiger partial charge in [0.1, 0.15) is 12.6 Å². The molecule has 10 nitrogen and oxygen atoms in total. The first-order valence-corrected chi connectivity index (χ1v) is 9.70. The van der Waals surface area contributed by atoms with Gasteiger partial charge in [0.2, 0.25) is 0 Å². The third-order valence-corrected chi connectivity index (χ3v) is 4.04. The molecule has 30 heavy (non-hydrogen) atoms. The number of aliphatic carboxylic acids is 3. The van der Waals surface area contributed by atoms with Gasteiger partial charge in [-0.3, -0.25) is 9.59 Å². The van der Waals surface area contributed by atoms with E-state index in [1.807, 2.05) is 24.3 Å². The summed E-state index contributed by atoms with van der Waals surface area (Å²) in [5.41, 5.74) is 0.990. The van der Waals surface area contributed by atoms with Gasteiger partial charge in [0, 0.05) is 18.0 Å². The van der Waals surface area contributed by atoms with Crippen LogP contribution in [-0.4, -0.2) is 58.4 Å². The van der Waals surface area contributed by atoms with Crippen LogP contribution in [0.5, 0.6) is 0 Å². The van der Waals surface area contributed by atoms with Crippen LogP contribution in [0.1, 0.15) is 38.2 Å². The Labute approximate surface area is 179 Å². The van der Waals surface area contributed by atoms with E-state index in [2.05, 4.69) is 16.0 Å². The van der Waals surface area contributed by atoms with Crippen molar-refractivity contribution in [3.05, 3.63) is 34.9 Å². The molecule has 1 aromatic carbocycles. The fraction of sp³-hybridized carbons (Fsp3) is 0.474. The molecular formula is C19H28ClN3O7. The fourth-order valence-electron chi connectivity index (χ4n) is 2.09. The van der Waals surface area contributed by atoms with Crippen LogP contribution in [0.15, 0.2) is 24.3 Å². The maximum atomic E-state index is 11.4. The molecule has 11 heteroatoms. The van der Waals surface area contributed by atoms with Crippen LogP contribution in [0, 0.1) is 0 Å². The highest BCUT2D eigenvalue weighted by molar-refractivity contribution is 6.31. The van der Waals surface area contributed by atoms with Crippen LogP contribution < -0.4 is 16.0 Å². The summed E-state index contributed by atoms with van der Waals surface area (Å²) in [6, 6.07) is 5.63. The van der Waals surface area contributed by atoms with E-state index in [0.717, 1.165) is 12.0 Å². The van der Waals surface area contributed by atoms with E-state index in [1.54, 1.807) is 6.92 Å². The minimum Gasteiger partial charge on any atom is -0.481 e. The molecule has 0 spiro atoms. The Morgan fingerprint density at radius 1 is 1.03 bits per heavy atom. The summed E-state index contributed by atoms with van der Waals surface area (Å²) in [4.78, 5) is 42.3. The van der Waals surface area contributed by atoms with Gasteiger partial charge in [-0.1, -0.05) is 36.7 Å². The predicted molar refractivity (Wildman–Crippen MR) is 111 cm³/mol. The Morgan fingerprint density at radius 2 is 1.67 bits per heavy atom. The largest absolute Gasteiger partial charge is 0.481 e. The molecule has 0 fully saturated rings. The third-order valence-electron chi connectivity index (χ3n) is 3.68. The molecule has 0 radical (unpaired) electrons. The second-order valence-corrected chi connectivity index (χ2v) is 6.53. The van der Waals surface area contributed by atoms with E-state index >= 15 is 0 Å². The van der Waals surface area contributed by atoms with Gasteiger partial charge in [-0.15, -0.1) is 0 Å². The van der Waals surface area contributed by atoms with E-state index in [-0.39, 0.29) is 12.8 Å². The molecule has 1 unspecified atom stereocenters. The Hall–Kier alpha value is -2.85. The van der Waals surface area contributed by atoms with E-state index in [1.165, 1.54) is 0 Å². The number of carboxylic acids is 3. The van der Waals surface area contributed by atoms with Gasteiger partial charge >= 0.3 is 23.9 Å². The molecule has 1 aromatic rings. The van der Waals surface area contributed by atoms with Crippen molar-refractivity contribution in [1.82, 2.24) is 16.0 Å². The minimum absolute atomic E-state index is 0.222. The number of urea groups is 1. The van der Waals surface area contributed by atoms with Crippen molar-refractivity contribution in [3.8, 4) is 0 Å². The van der Waals surface area contributed by atoms with Crippen LogP contribution in [0.3, 0.4) is 0 Å². The quantitative estimate of drug-likeness (QED) is 0.265. The molecule has 0 aliphatic heterocycles. The van der Waals surface area contributed by atoms with Crippen LogP contribution in [0.4, 0.5) is 4.79 Å². The molecule has 1 atom stereocenters. The summed E-state index contributed by atoms with van der Waals surface area (Å²) in [7, 11) is 0. The standard InChI is InChI=1S/C16H22ClN3O5.C3H6O2/c17-12-6-2-1-5-11(12)9-18-8-4-3-7-13(15(23)24)20-16(25)19-10-14(21)22;1-2-3(4)5/h1-2,5-6,13,18H,3-4,7-10H2,(H,21,22)(H,23,24)(H2,19,20,25);2H2,1H3,(H,4,5). The normalized spacial score (nSPS) is 10.9. The molecule has 6 N–H and O–H groups in total. The number of carbonyl (C=O) groups is 4. The van der Waals surface area contributed by atoms with Gasteiger partial charge in [0.25, 0.3) is 0 Å². The predicted octanol–water partition coefficient (Wildman–Crippen LogP) is 1.92. The summed E-state index contributed by atoms with van der Waals surface area (Å²) in [5.74, 6) is -3.11. The minimum atomic E-state index is -1.20. The number of nitrogens with one attached hydrogen (secondary N) is 3. The van der Waals surface area contributed by atoms with Crippen LogP contribution in [0.25, 0.3) is 0 Å². The number of hydrogen-bond acceptors (Lipinski definition) is 5. The number of halogens is 1. The zero-order valence-electron chi connectivity index (χ0n) is 16.7. The molecule has 1 rings (SSSR count). The van der Waals surface area contributed by atoms with Gasteiger partial charge in [0.05, 0.1) is 0 Å². The smallest absolute Gasteiger partial charge is 0.326 e. The van der Waals surface area contributed by atoms with Crippen molar-refractivity contribution in [3.63, 3.8) is 0 Å². The molecule has 0 saturated carbocycles. The molecule has 0 aliphatic carbocycles. The fourth-order valence-corrected chi connectivity index (χ4v) is 2.29. The van der Waals surface area contributed by atoms with Crippen molar-refractivity contribution in [2.45, 2.75) is 45.2 Å². The van der Waals surface area contributed by atoms with E-state index in [4.69, 9.17) is 26.9 Å². The third kappa shape index (κ3) is 14.2. The maximum absolute atomic E-state index is 11.4. The summed E-state index contributed by atoms with van der Waals surface area (Å²) >= 11 is 6.05. The van der Waals surface area contributed by atoms with Crippen molar-refractivity contribution in [2.24, 2.45) is 0 Å². The highest BCUT2D eigenvalue weighted by Gasteiger charge is 2.19. The van der Waals surface area contributed by atoms with Crippen molar-refractivity contribution in [1.29, 1.82) is 0 Å². The molecule has 0 bridgehead atoms. The molecule has 0 aromatic heterocycles. The van der Waals surface area contributed by atoms with Gasteiger partial charge < -0.3 is 31.3 Å². The maximum Gasteiger partial charge on any atom is 0.326 e. The lowest BCUT2D eigenvalue weighted by Gasteiger charge is -2.14. The highest BCUT2D eigenvalue weighted by Crippen LogP contribution is 2.14. The Bertz CT molecular complexity index is 700. The molecule has 168 valence electrons. The monoisotopic (exact) mass is 445 g/mol. The lowest BCUT2D eigenvalue weighted by atomic mass is 10.1. The molecule has 0 aliphatic rings. The van der Waals surface area contributed by atoms with E-state index in [0.29, 0.717) is 24.5 Å². The number of hydrogen-bond donors (Lipinski definition) is 6. The number of carboxylic acid groups (broad SMARTS) is 3. The van der Waals surface area contributed by atoms with Crippen molar-refractivity contribution in [2.75, 3.05) is 13.1 Å². The van der Waals surface area contributed by atoms with Gasteiger partial charge in [-0.25, -0.2) is 9.59 Å². The first-order valence-electron chi connectivity index (χ1n) is 9.32. The highest BCUT2D eigenvalue weighted by atomic mass is 35.5. The van der Waals surface area contributed by atoms with Gasteiger partial charge in [-0.2, -0.15) is 0 Å². The Kier molecular flexibility index (Phi) is 14.5. The van der Waals surface area contributed by atoms with Crippen LogP contribution >= 0.6 is 11.6 Å². The molecule has 0 saturated heterocycles. The Morgan fingerprint density at radius 3 is 2.20 bits per heavy atom. The zero-order valence-corrected chi connectivity index (χ0v) is 17.4. The number of rotatable bonds is 12. The summed E-state index contributed by atoms with van der Waals surface area (Å²) in [5, 5.41) is 33.5. The first-order chi connectivity index (χ1) is 14.2. The molecule has 2 amide bonds. The average molecular weight is 446 g/mol. The molecule has 0 heterocycles. The lowest BCUT2D eigenvalue weighted by molar-refractivity contribution is -0.139. The van der Waals surface area contributed by atoms with Crippen molar-refractivity contribution >= 4 is 35.5 Å². The van der Waals surface area contributed by atoms with E-state index < -0.39 is 36.5 Å². The second-order valence-electron chi connectivity index (χ2n) is 6.12. The SMILES string of the molecule is CCC(=O)O.O=C(O)CNC(=O)NC(CCCCNCc1ccccc1Cl)C(=O)O. The van der Waals surface area contributed by atoms with Gasteiger partial charge in [-0.05, 0) is 37.4 Å². The number of carbonyl (C=O) groups excluding carboxylic acids is 1. The Balaban J connectivity index is 0.00000150. The van der Waals surface area contributed by atoms with Crippen LogP contribution in [0.2, 0.25) is 5.02 Å². The van der Waals surface area contributed by atoms with Crippen LogP contribution in [-0.2, 0) is 20.9 Å². The lowest BCUT2D eigenvalue weighted by Crippen LogP contribution is -2.47. The zero-order chi connectivity index (χ0) is 22.9. The topological polar surface area (TPSA) is 165 Å². The number of benzene rings is 1. The van der Waals surface area contributed by atoms with Crippen molar-refractivity contribution < 1.29 is 34.5 Å². The van der Waals surface area contributed by atoms with Gasteiger partial charge in [0.15, 0.2) is 0 Å². The number of unbranched alkanes of at least 4 members (excludes halogenated alkanes) is 1. The summed E-state index contributed by atoms with van der Waals surface area (Å²) in [6.07, 6.45) is 1.79. The average Bonchev–Trinajstić information content (AvgIpc) is 2.69. The second kappa shape index (κ2) is 16.0. The number of amides is 2. The molecular weight excluding hydrogens is 418 g/mol. The van der Waals surface area contributed by atoms with E-state index in [9.17, 15) is 19.2 Å². The summed E-state index contributed by atoms with van der Waals surface area (Å²) in [6.45, 7) is 2.34. The summed E-state index contributed by atoms with van der Waals surface area (Å²) < 4.78 is 0.